The van der Waals surface area contributed by atoms with Crippen molar-refractivity contribution in [3.05, 3.63) is 58.4 Å². The summed E-state index contributed by atoms with van der Waals surface area (Å²) in [6.07, 6.45) is 2.23. The van der Waals surface area contributed by atoms with E-state index in [-0.39, 0.29) is 39.1 Å². The predicted octanol–water partition coefficient (Wildman–Crippen LogP) is 3.64. The maximum Gasteiger partial charge on any atom is 0.431 e. The summed E-state index contributed by atoms with van der Waals surface area (Å²) in [6, 6.07) is 3.08. The molecule has 7 rings (SSSR count). The van der Waals surface area contributed by atoms with Crippen molar-refractivity contribution in [1.82, 2.24) is 30.6 Å². The van der Waals surface area contributed by atoms with E-state index in [9.17, 15) is 40.4 Å². The van der Waals surface area contributed by atoms with Gasteiger partial charge in [0, 0.05) is 35.9 Å². The Hall–Kier alpha value is -3.39. The number of alkyl halides is 3. The molecule has 0 bridgehead atoms. The number of sulfonamides is 1. The Morgan fingerprint density at radius 1 is 1.11 bits per heavy atom. The Balaban J connectivity index is 1.08. The minimum Gasteiger partial charge on any atom is -0.445 e. The number of halogens is 4. The highest BCUT2D eigenvalue weighted by molar-refractivity contribution is 8.02. The van der Waals surface area contributed by atoms with Crippen molar-refractivity contribution in [2.24, 2.45) is 5.92 Å². The Morgan fingerprint density at radius 3 is 2.66 bits per heavy atom. The van der Waals surface area contributed by atoms with E-state index in [2.05, 4.69) is 20.7 Å². The van der Waals surface area contributed by atoms with Gasteiger partial charge in [-0.25, -0.2) is 17.6 Å². The van der Waals surface area contributed by atoms with Gasteiger partial charge in [-0.05, 0) is 50.2 Å². The van der Waals surface area contributed by atoms with Gasteiger partial charge in [-0.15, -0.1) is 0 Å². The highest BCUT2D eigenvalue weighted by Crippen LogP contribution is 2.46. The van der Waals surface area contributed by atoms with Gasteiger partial charge in [-0.3, -0.25) is 29.4 Å². The number of benzene rings is 1. The molecule has 53 heavy (non-hydrogen) atoms. The van der Waals surface area contributed by atoms with Crippen LogP contribution in [0.25, 0.3) is 0 Å². The number of amides is 3. The van der Waals surface area contributed by atoms with Gasteiger partial charge in [0.2, 0.25) is 15.9 Å². The molecule has 4 heterocycles. The van der Waals surface area contributed by atoms with Gasteiger partial charge >= 0.3 is 12.3 Å². The molecule has 4 aliphatic heterocycles. The molecule has 6 aliphatic rings. The Labute approximate surface area is 308 Å². The second kappa shape index (κ2) is 15.0. The quantitative estimate of drug-likeness (QED) is 0.247. The lowest BCUT2D eigenvalue weighted by Gasteiger charge is -2.29. The van der Waals surface area contributed by atoms with E-state index in [4.69, 9.17) is 9.57 Å². The van der Waals surface area contributed by atoms with E-state index >= 15 is 0 Å². The largest absolute Gasteiger partial charge is 0.445 e. The number of nitrogens with zero attached hydrogens (tertiary/aromatic N) is 2. The average Bonchev–Trinajstić information content (AvgIpc) is 3.89. The summed E-state index contributed by atoms with van der Waals surface area (Å²) in [5, 5.41) is 10.2. The van der Waals surface area contributed by atoms with Crippen LogP contribution < -0.4 is 20.7 Å². The molecule has 0 spiro atoms. The molecule has 19 heteroatoms. The van der Waals surface area contributed by atoms with Gasteiger partial charge in [0.05, 0.1) is 24.9 Å². The van der Waals surface area contributed by atoms with Crippen LogP contribution in [0.1, 0.15) is 68.9 Å². The zero-order chi connectivity index (χ0) is 37.5. The summed E-state index contributed by atoms with van der Waals surface area (Å²) in [4.78, 5) is 48.5. The van der Waals surface area contributed by atoms with Crippen LogP contribution in [0.2, 0.25) is 0 Å². The van der Waals surface area contributed by atoms with E-state index in [0.717, 1.165) is 36.4 Å². The van der Waals surface area contributed by atoms with E-state index in [1.807, 2.05) is 12.2 Å². The molecule has 1 saturated heterocycles. The lowest BCUT2D eigenvalue weighted by Crippen LogP contribution is -2.56. The zero-order valence-electron chi connectivity index (χ0n) is 28.7. The molecule has 3 amide bonds. The van der Waals surface area contributed by atoms with E-state index in [1.54, 1.807) is 12.1 Å². The maximum atomic E-state index is 14.4. The summed E-state index contributed by atoms with van der Waals surface area (Å²) in [5.74, 6) is -2.34. The van der Waals surface area contributed by atoms with Gasteiger partial charge in [-0.1, -0.05) is 48.9 Å². The first kappa shape index (κ1) is 37.9. The monoisotopic (exact) mass is 786 g/mol. The number of thioether (sulfide) groups is 1. The third-order valence-electron chi connectivity index (χ3n) is 10.5. The topological polar surface area (TPSA) is 158 Å². The fourth-order valence-corrected chi connectivity index (χ4v) is 9.51. The molecule has 1 aromatic carbocycles. The number of carbonyl (C=O) groups is 3. The second-order valence-corrected chi connectivity index (χ2v) is 17.4. The van der Waals surface area contributed by atoms with Crippen LogP contribution in [0.15, 0.2) is 41.5 Å². The summed E-state index contributed by atoms with van der Waals surface area (Å²) in [7, 11) is -3.91. The number of hydrogen-bond acceptors (Lipinski definition) is 11. The number of fused-ring (bicyclic) bond motifs is 3. The van der Waals surface area contributed by atoms with Crippen molar-refractivity contribution in [2.45, 2.75) is 112 Å². The number of rotatable bonds is 6. The lowest BCUT2D eigenvalue weighted by atomic mass is 10.1. The van der Waals surface area contributed by atoms with Crippen molar-refractivity contribution in [3.63, 3.8) is 0 Å². The molecular formula is C34H42F4N6O7S2. The number of hydroxylamine groups is 2. The van der Waals surface area contributed by atoms with Crippen molar-refractivity contribution in [3.8, 4) is 0 Å². The van der Waals surface area contributed by atoms with E-state index in [0.29, 0.717) is 36.8 Å². The summed E-state index contributed by atoms with van der Waals surface area (Å²) in [6.45, 7) is 0.0591. The number of nitrogens with one attached hydrogen (secondary N) is 4. The van der Waals surface area contributed by atoms with Crippen molar-refractivity contribution < 1.29 is 49.9 Å². The first-order chi connectivity index (χ1) is 25.2. The lowest BCUT2D eigenvalue weighted by molar-refractivity contribution is -0.183. The molecule has 3 fully saturated rings. The van der Waals surface area contributed by atoms with Gasteiger partial charge in [0.15, 0.2) is 0 Å². The zero-order valence-corrected chi connectivity index (χ0v) is 30.3. The molecule has 4 N–H and O–H groups in total. The third kappa shape index (κ3) is 8.63. The van der Waals surface area contributed by atoms with Crippen LogP contribution in [-0.4, -0.2) is 90.1 Å². The second-order valence-electron chi connectivity index (χ2n) is 14.5. The highest BCUT2D eigenvalue weighted by atomic mass is 32.2. The third-order valence-corrected chi connectivity index (χ3v) is 13.2. The highest BCUT2D eigenvalue weighted by Gasteiger charge is 2.62. The number of carbonyl (C=O) groups excluding carboxylic acids is 3. The minimum absolute atomic E-state index is 0.0134. The SMILES string of the molecule is O=C1NC2(C(=O)NS(=O)(=O)C3CC3)CC2/C=C\CCCCCC(NC2NC(C(F)(F)F)=CS2)CON2C[C@H](OC(=O)N3Cc4cccc(F)c4C3)CC12. The molecule has 5 unspecified atom stereocenters. The van der Waals surface area contributed by atoms with Gasteiger partial charge < -0.3 is 15.4 Å². The van der Waals surface area contributed by atoms with Crippen molar-refractivity contribution in [2.75, 3.05) is 13.2 Å². The first-order valence-electron chi connectivity index (χ1n) is 17.8. The molecule has 6 atom stereocenters. The Kier molecular flexibility index (Phi) is 10.8. The van der Waals surface area contributed by atoms with Crippen LogP contribution in [-0.2, 0) is 42.3 Å². The minimum atomic E-state index is -4.53. The molecular weight excluding hydrogens is 745 g/mol. The van der Waals surface area contributed by atoms with Crippen LogP contribution in [0.5, 0.6) is 0 Å². The van der Waals surface area contributed by atoms with Gasteiger partial charge in [-0.2, -0.15) is 18.2 Å². The summed E-state index contributed by atoms with van der Waals surface area (Å²) in [5.41, 5.74) is -2.09. The Morgan fingerprint density at radius 2 is 1.92 bits per heavy atom. The van der Waals surface area contributed by atoms with Crippen LogP contribution >= 0.6 is 11.8 Å². The van der Waals surface area contributed by atoms with E-state index in [1.165, 1.54) is 16.0 Å². The predicted molar refractivity (Wildman–Crippen MR) is 184 cm³/mol. The molecule has 290 valence electrons. The van der Waals surface area contributed by atoms with E-state index < -0.39 is 86.0 Å². The number of allylic oxidation sites excluding steroid dienone is 2. The number of ether oxygens (including phenoxy) is 1. The normalized spacial score (nSPS) is 31.7. The fraction of sp³-hybridized carbons (Fsp3) is 0.618. The summed E-state index contributed by atoms with van der Waals surface area (Å²) >= 11 is 0.950. The van der Waals surface area contributed by atoms with Crippen LogP contribution in [0.3, 0.4) is 0 Å². The smallest absolute Gasteiger partial charge is 0.431 e. The van der Waals surface area contributed by atoms with Crippen LogP contribution in [0, 0.1) is 11.7 Å². The van der Waals surface area contributed by atoms with Gasteiger partial charge in [0.25, 0.3) is 5.91 Å². The molecule has 2 saturated carbocycles. The average molecular weight is 787 g/mol. The van der Waals surface area contributed by atoms with Crippen molar-refractivity contribution in [1.29, 1.82) is 0 Å². The first-order valence-corrected chi connectivity index (χ1v) is 20.3. The van der Waals surface area contributed by atoms with Crippen LogP contribution in [0.4, 0.5) is 22.4 Å². The number of hydrogen-bond donors (Lipinski definition) is 4. The molecule has 13 nitrogen and oxygen atoms in total. The molecule has 1 aromatic rings. The Bertz CT molecular complexity index is 1780. The molecule has 2 aliphatic carbocycles. The van der Waals surface area contributed by atoms with Gasteiger partial charge in [0.1, 0.15) is 34.7 Å². The fourth-order valence-electron chi connectivity index (χ4n) is 7.21. The summed E-state index contributed by atoms with van der Waals surface area (Å²) < 4.78 is 87.8. The van der Waals surface area contributed by atoms with Crippen molar-refractivity contribution >= 4 is 39.7 Å². The standard InChI is InChI=1S/C34H42F4N6O7S2/c35-26-10-6-7-20-15-43(17-25(20)26)32(47)51-23-13-27-29(45)41-33(30(46)42-53(48,49)24-11-12-24)14-21(33)8-4-2-1-3-5-9-22(18-50-44(27)16-23)39-31-40-28(19-52-31)34(36,37)38/h4,6-8,10,19,21-24,27,31,39-40H,1-3,5,9,11-18H2,(H,41,45)(H,42,46)/b8-4-/t21?,22?,23-,27?,31?,33?/m1/s1. The maximum absolute atomic E-state index is 14.4. The molecule has 0 aromatic heterocycles. The molecule has 0 radical (unpaired) electrons.